The molecule has 0 aliphatic carbocycles. The van der Waals surface area contributed by atoms with Crippen LogP contribution in [0, 0.1) is 0 Å². The Hall–Kier alpha value is -1.87. The van der Waals surface area contributed by atoms with Gasteiger partial charge >= 0.3 is 0 Å². The van der Waals surface area contributed by atoms with Gasteiger partial charge in [0.05, 0.1) is 39.1 Å². The molecule has 1 aliphatic heterocycles. The summed E-state index contributed by atoms with van der Waals surface area (Å²) in [6, 6.07) is 7.90. The van der Waals surface area contributed by atoms with Crippen molar-refractivity contribution in [2.24, 2.45) is 4.99 Å². The maximum Gasteiger partial charge on any atom is 0.191 e. The van der Waals surface area contributed by atoms with Crippen molar-refractivity contribution in [1.29, 1.82) is 0 Å². The molecule has 1 atom stereocenters. The molecule has 1 aliphatic rings. The van der Waals surface area contributed by atoms with Crippen LogP contribution in [0.25, 0.3) is 0 Å². The number of guanidine groups is 1. The van der Waals surface area contributed by atoms with Gasteiger partial charge in [-0.05, 0) is 38.0 Å². The third kappa shape index (κ3) is 9.75. The van der Waals surface area contributed by atoms with Crippen molar-refractivity contribution in [3.8, 4) is 5.75 Å². The first-order valence-corrected chi connectivity index (χ1v) is 10.8. The number of methoxy groups -OCH3 is 1. The lowest BCUT2D eigenvalue weighted by atomic mass is 10.1. The molecule has 0 aromatic heterocycles. The Morgan fingerprint density at radius 2 is 1.97 bits per heavy atom. The molecule has 1 aromatic carbocycles. The van der Waals surface area contributed by atoms with Crippen molar-refractivity contribution in [2.75, 3.05) is 66.2 Å². The van der Waals surface area contributed by atoms with E-state index in [1.54, 1.807) is 7.11 Å². The van der Waals surface area contributed by atoms with E-state index >= 15 is 0 Å². The van der Waals surface area contributed by atoms with Crippen molar-refractivity contribution in [1.82, 2.24) is 15.5 Å². The number of β-amino-alcohol motifs (C(OH)–C–C–N with tert-alkyl or cyclic N) is 1. The number of morpholine rings is 1. The van der Waals surface area contributed by atoms with Crippen LogP contribution in [-0.2, 0) is 16.1 Å². The van der Waals surface area contributed by atoms with Crippen molar-refractivity contribution in [2.45, 2.75) is 32.5 Å². The largest absolute Gasteiger partial charge is 0.497 e. The number of benzene rings is 1. The van der Waals surface area contributed by atoms with Gasteiger partial charge in [0.1, 0.15) is 5.75 Å². The zero-order valence-corrected chi connectivity index (χ0v) is 18.7. The Morgan fingerprint density at radius 3 is 2.63 bits per heavy atom. The maximum atomic E-state index is 10.7. The first-order valence-electron chi connectivity index (χ1n) is 10.8. The van der Waals surface area contributed by atoms with Gasteiger partial charge in [0.2, 0.25) is 0 Å². The average molecular weight is 423 g/mol. The van der Waals surface area contributed by atoms with Gasteiger partial charge in [-0.2, -0.15) is 0 Å². The summed E-state index contributed by atoms with van der Waals surface area (Å²) in [5.41, 5.74) is 0.252. The molecule has 0 bridgehead atoms. The number of aliphatic imine (C=N–C) groups is 1. The number of nitrogens with zero attached hydrogens (tertiary/aromatic N) is 2. The molecule has 8 heteroatoms. The minimum absolute atomic E-state index is 0.341. The van der Waals surface area contributed by atoms with E-state index in [9.17, 15) is 5.11 Å². The van der Waals surface area contributed by atoms with Gasteiger partial charge in [0, 0.05) is 39.3 Å². The highest BCUT2D eigenvalue weighted by molar-refractivity contribution is 5.79. The van der Waals surface area contributed by atoms with Crippen molar-refractivity contribution in [3.05, 3.63) is 29.8 Å². The molecule has 1 saturated heterocycles. The number of hydrogen-bond acceptors (Lipinski definition) is 6. The van der Waals surface area contributed by atoms with E-state index in [1.165, 1.54) is 0 Å². The lowest BCUT2D eigenvalue weighted by Crippen LogP contribution is -2.48. The van der Waals surface area contributed by atoms with E-state index in [2.05, 4.69) is 20.5 Å². The molecular formula is C22H38N4O4. The number of ether oxygens (including phenoxy) is 3. The summed E-state index contributed by atoms with van der Waals surface area (Å²) < 4.78 is 16.3. The van der Waals surface area contributed by atoms with E-state index in [1.807, 2.05) is 38.1 Å². The number of aliphatic hydroxyl groups is 1. The predicted octanol–water partition coefficient (Wildman–Crippen LogP) is 1.24. The zero-order valence-electron chi connectivity index (χ0n) is 18.7. The zero-order chi connectivity index (χ0) is 21.7. The van der Waals surface area contributed by atoms with Gasteiger partial charge in [0.25, 0.3) is 0 Å². The second-order valence-electron chi connectivity index (χ2n) is 7.76. The van der Waals surface area contributed by atoms with Gasteiger partial charge in [-0.1, -0.05) is 12.1 Å². The Labute approximate surface area is 180 Å². The normalized spacial score (nSPS) is 17.4. The third-order valence-electron chi connectivity index (χ3n) is 4.78. The Bertz CT molecular complexity index is 616. The van der Waals surface area contributed by atoms with E-state index in [4.69, 9.17) is 14.2 Å². The van der Waals surface area contributed by atoms with Crippen LogP contribution in [0.15, 0.2) is 29.3 Å². The first kappa shape index (κ1) is 24.4. The van der Waals surface area contributed by atoms with Crippen LogP contribution in [0.3, 0.4) is 0 Å². The van der Waals surface area contributed by atoms with Crippen molar-refractivity contribution < 1.29 is 19.3 Å². The average Bonchev–Trinajstić information content (AvgIpc) is 2.75. The number of rotatable bonds is 12. The summed E-state index contributed by atoms with van der Waals surface area (Å²) in [5, 5.41) is 17.2. The molecule has 30 heavy (non-hydrogen) atoms. The van der Waals surface area contributed by atoms with Gasteiger partial charge < -0.3 is 30.0 Å². The Morgan fingerprint density at radius 1 is 1.23 bits per heavy atom. The molecule has 2 rings (SSSR count). The van der Waals surface area contributed by atoms with Gasteiger partial charge in [-0.3, -0.25) is 9.89 Å². The predicted molar refractivity (Wildman–Crippen MR) is 119 cm³/mol. The highest BCUT2D eigenvalue weighted by Gasteiger charge is 2.25. The fourth-order valence-electron chi connectivity index (χ4n) is 3.17. The second-order valence-corrected chi connectivity index (χ2v) is 7.76. The van der Waals surface area contributed by atoms with E-state index in [-0.39, 0.29) is 0 Å². The Balaban J connectivity index is 1.65. The molecule has 0 saturated carbocycles. The lowest BCUT2D eigenvalue weighted by Gasteiger charge is -2.33. The second kappa shape index (κ2) is 13.4. The monoisotopic (exact) mass is 422 g/mol. The summed E-state index contributed by atoms with van der Waals surface area (Å²) in [7, 11) is 1.66. The van der Waals surface area contributed by atoms with Crippen LogP contribution in [-0.4, -0.2) is 87.8 Å². The minimum atomic E-state index is -0.874. The molecule has 1 unspecified atom stereocenters. The quantitative estimate of drug-likeness (QED) is 0.265. The first-order chi connectivity index (χ1) is 14.5. The van der Waals surface area contributed by atoms with Crippen LogP contribution in [0.1, 0.15) is 25.8 Å². The summed E-state index contributed by atoms with van der Waals surface area (Å²) in [5.74, 6) is 1.57. The lowest BCUT2D eigenvalue weighted by molar-refractivity contribution is -0.0180. The summed E-state index contributed by atoms with van der Waals surface area (Å²) in [6.07, 6.45) is 0.866. The molecule has 0 amide bonds. The van der Waals surface area contributed by atoms with Crippen molar-refractivity contribution in [3.63, 3.8) is 0 Å². The van der Waals surface area contributed by atoms with Crippen LogP contribution in [0.4, 0.5) is 0 Å². The smallest absolute Gasteiger partial charge is 0.191 e. The molecule has 8 nitrogen and oxygen atoms in total. The maximum absolute atomic E-state index is 10.7. The van der Waals surface area contributed by atoms with E-state index in [0.717, 1.165) is 63.1 Å². The molecule has 170 valence electrons. The van der Waals surface area contributed by atoms with E-state index < -0.39 is 5.60 Å². The molecule has 1 aromatic rings. The molecular weight excluding hydrogens is 384 g/mol. The van der Waals surface area contributed by atoms with Crippen molar-refractivity contribution >= 4 is 5.96 Å². The highest BCUT2D eigenvalue weighted by Crippen LogP contribution is 2.12. The van der Waals surface area contributed by atoms with Crippen LogP contribution >= 0.6 is 0 Å². The highest BCUT2D eigenvalue weighted by atomic mass is 16.5. The van der Waals surface area contributed by atoms with Crippen LogP contribution in [0.5, 0.6) is 5.75 Å². The standard InChI is InChI=1S/C22H38N4O4/c1-4-23-21(25-17-22(2,27)18-26-11-14-29-15-12-26)24-10-5-13-30-16-19-6-8-20(28-3)9-7-19/h6-9,27H,4-5,10-18H2,1-3H3,(H2,23,24,25). The van der Waals surface area contributed by atoms with Gasteiger partial charge in [-0.25, -0.2) is 0 Å². The summed E-state index contributed by atoms with van der Waals surface area (Å²) in [6.45, 7) is 10.7. The third-order valence-corrected chi connectivity index (χ3v) is 4.78. The minimum Gasteiger partial charge on any atom is -0.497 e. The molecule has 0 spiro atoms. The summed E-state index contributed by atoms with van der Waals surface area (Å²) >= 11 is 0. The number of hydrogen-bond donors (Lipinski definition) is 3. The molecule has 1 fully saturated rings. The fraction of sp³-hybridized carbons (Fsp3) is 0.682. The molecule has 0 radical (unpaired) electrons. The SMILES string of the molecule is CCNC(=NCC(C)(O)CN1CCOCC1)NCCCOCc1ccc(OC)cc1. The van der Waals surface area contributed by atoms with Crippen LogP contribution in [0.2, 0.25) is 0 Å². The number of nitrogens with one attached hydrogen (secondary N) is 2. The Kier molecular flexibility index (Phi) is 10.9. The van der Waals surface area contributed by atoms with E-state index in [0.29, 0.717) is 26.3 Å². The van der Waals surface area contributed by atoms with Crippen LogP contribution < -0.4 is 15.4 Å². The van der Waals surface area contributed by atoms with Gasteiger partial charge in [0.15, 0.2) is 5.96 Å². The fourth-order valence-corrected chi connectivity index (χ4v) is 3.17. The summed E-state index contributed by atoms with van der Waals surface area (Å²) in [4.78, 5) is 6.79. The molecule has 1 heterocycles. The van der Waals surface area contributed by atoms with Gasteiger partial charge in [-0.15, -0.1) is 0 Å². The topological polar surface area (TPSA) is 87.6 Å². The molecule has 3 N–H and O–H groups in total.